The second kappa shape index (κ2) is 9.05. The third-order valence-corrected chi connectivity index (χ3v) is 7.94. The molecule has 7 rings (SSSR count). The van der Waals surface area contributed by atoms with E-state index in [0.29, 0.717) is 23.5 Å². The Labute approximate surface area is 224 Å². The molecule has 38 heavy (non-hydrogen) atoms. The van der Waals surface area contributed by atoms with Crippen LogP contribution in [-0.4, -0.2) is 26.8 Å². The standard InChI is InChI=1S/C27H17N5O4S2/c33-24(31-26-29-22-14-6-1-3-10-18(14)35-12-20(22)37-26)16-8-5-9-17(28-16)25(34)32-27-30-23-15-7-2-4-11-19(15)36-13-21(23)38-27/h1-11H,12-13H2,(H,29,31,33)(H,30,32,34). The number of anilines is 2. The monoisotopic (exact) mass is 539 g/mol. The van der Waals surface area contributed by atoms with Crippen LogP contribution in [0.25, 0.3) is 22.5 Å². The second-order valence-electron chi connectivity index (χ2n) is 8.47. The van der Waals surface area contributed by atoms with Gasteiger partial charge in [-0.25, -0.2) is 15.0 Å². The second-order valence-corrected chi connectivity index (χ2v) is 10.6. The van der Waals surface area contributed by atoms with E-state index in [-0.39, 0.29) is 11.4 Å². The van der Waals surface area contributed by atoms with Gasteiger partial charge in [-0.2, -0.15) is 0 Å². The fraction of sp³-hybridized carbons (Fsp3) is 0.0741. The predicted molar refractivity (Wildman–Crippen MR) is 144 cm³/mol. The van der Waals surface area contributed by atoms with Crippen molar-refractivity contribution in [3.05, 3.63) is 87.9 Å². The number of benzene rings is 2. The van der Waals surface area contributed by atoms with Crippen LogP contribution in [0.5, 0.6) is 11.5 Å². The van der Waals surface area contributed by atoms with Gasteiger partial charge in [0.05, 0.1) is 21.1 Å². The van der Waals surface area contributed by atoms with Gasteiger partial charge in [-0.1, -0.05) is 53.0 Å². The van der Waals surface area contributed by atoms with Crippen LogP contribution in [-0.2, 0) is 13.2 Å². The maximum absolute atomic E-state index is 13.0. The SMILES string of the molecule is O=C(Nc1nc2c(s1)COc1ccccc1-2)c1cccc(C(=O)Nc2nc3c(s2)COc2ccccc2-3)n1. The van der Waals surface area contributed by atoms with Gasteiger partial charge in [-0.3, -0.25) is 20.2 Å². The van der Waals surface area contributed by atoms with Gasteiger partial charge >= 0.3 is 0 Å². The lowest BCUT2D eigenvalue weighted by Gasteiger charge is -2.15. The van der Waals surface area contributed by atoms with Gasteiger partial charge in [0.25, 0.3) is 11.8 Å². The molecule has 186 valence electrons. The molecule has 0 saturated carbocycles. The summed E-state index contributed by atoms with van der Waals surface area (Å²) in [5.74, 6) is 0.611. The van der Waals surface area contributed by atoms with E-state index in [4.69, 9.17) is 9.47 Å². The van der Waals surface area contributed by atoms with Crippen LogP contribution in [0, 0.1) is 0 Å². The highest BCUT2D eigenvalue weighted by molar-refractivity contribution is 7.16. The Morgan fingerprint density at radius 3 is 1.61 bits per heavy atom. The average molecular weight is 540 g/mol. The molecule has 11 heteroatoms. The summed E-state index contributed by atoms with van der Waals surface area (Å²) in [6.45, 7) is 0.789. The quantitative estimate of drug-likeness (QED) is 0.305. The Morgan fingerprint density at radius 1 is 0.632 bits per heavy atom. The number of carbonyl (C=O) groups is 2. The van der Waals surface area contributed by atoms with Crippen molar-refractivity contribution >= 4 is 44.8 Å². The minimum Gasteiger partial charge on any atom is -0.487 e. The van der Waals surface area contributed by atoms with E-state index in [1.165, 1.54) is 22.7 Å². The summed E-state index contributed by atoms with van der Waals surface area (Å²) in [6, 6.07) is 20.0. The highest BCUT2D eigenvalue weighted by Crippen LogP contribution is 2.42. The number of pyridine rings is 1. The van der Waals surface area contributed by atoms with E-state index in [1.807, 2.05) is 48.5 Å². The van der Waals surface area contributed by atoms with Gasteiger partial charge in [-0.15, -0.1) is 0 Å². The summed E-state index contributed by atoms with van der Waals surface area (Å²) in [5, 5.41) is 6.47. The van der Waals surface area contributed by atoms with E-state index < -0.39 is 11.8 Å². The summed E-state index contributed by atoms with van der Waals surface area (Å²) < 4.78 is 11.6. The maximum atomic E-state index is 13.0. The smallest absolute Gasteiger partial charge is 0.276 e. The fourth-order valence-corrected chi connectivity index (χ4v) is 6.07. The number of para-hydroxylation sites is 2. The molecule has 0 saturated heterocycles. The predicted octanol–water partition coefficient (Wildman–Crippen LogP) is 5.62. The van der Waals surface area contributed by atoms with Gasteiger partial charge in [0, 0.05) is 11.1 Å². The molecule has 3 aromatic heterocycles. The first-order valence-corrected chi connectivity index (χ1v) is 13.3. The molecule has 0 spiro atoms. The molecular weight excluding hydrogens is 522 g/mol. The zero-order valence-electron chi connectivity index (χ0n) is 19.6. The molecule has 0 unspecified atom stereocenters. The van der Waals surface area contributed by atoms with E-state index in [2.05, 4.69) is 25.6 Å². The first-order chi connectivity index (χ1) is 18.6. The van der Waals surface area contributed by atoms with Crippen LogP contribution in [0.4, 0.5) is 10.3 Å². The molecule has 2 aromatic carbocycles. The number of fused-ring (bicyclic) bond motifs is 6. The van der Waals surface area contributed by atoms with Crippen molar-refractivity contribution < 1.29 is 19.1 Å². The summed E-state index contributed by atoms with van der Waals surface area (Å²) in [6.07, 6.45) is 0. The number of nitrogens with one attached hydrogen (secondary N) is 2. The molecule has 2 aliphatic rings. The molecule has 0 atom stereocenters. The summed E-state index contributed by atoms with van der Waals surface area (Å²) in [5.41, 5.74) is 3.58. The highest BCUT2D eigenvalue weighted by Gasteiger charge is 2.24. The Bertz CT molecular complexity index is 1620. The Morgan fingerprint density at radius 2 is 1.11 bits per heavy atom. The molecule has 9 nitrogen and oxygen atoms in total. The van der Waals surface area contributed by atoms with Crippen LogP contribution in [0.1, 0.15) is 30.7 Å². The fourth-order valence-electron chi connectivity index (χ4n) is 4.30. The normalized spacial score (nSPS) is 12.6. The van der Waals surface area contributed by atoms with Crippen LogP contribution in [0.15, 0.2) is 66.7 Å². The summed E-state index contributed by atoms with van der Waals surface area (Å²) in [4.78, 5) is 41.3. The van der Waals surface area contributed by atoms with E-state index >= 15 is 0 Å². The van der Waals surface area contributed by atoms with Crippen molar-refractivity contribution in [3.8, 4) is 34.0 Å². The summed E-state index contributed by atoms with van der Waals surface area (Å²) >= 11 is 2.70. The molecule has 0 aliphatic carbocycles. The zero-order valence-corrected chi connectivity index (χ0v) is 21.2. The molecule has 0 fully saturated rings. The van der Waals surface area contributed by atoms with Crippen molar-refractivity contribution in [1.82, 2.24) is 15.0 Å². The molecule has 5 heterocycles. The van der Waals surface area contributed by atoms with Crippen LogP contribution in [0.3, 0.4) is 0 Å². The van der Waals surface area contributed by atoms with Crippen molar-refractivity contribution in [2.75, 3.05) is 10.6 Å². The topological polar surface area (TPSA) is 115 Å². The Balaban J connectivity index is 1.08. The van der Waals surface area contributed by atoms with Crippen molar-refractivity contribution in [1.29, 1.82) is 0 Å². The number of nitrogens with zero attached hydrogens (tertiary/aromatic N) is 3. The third kappa shape index (κ3) is 3.98. The van der Waals surface area contributed by atoms with Crippen molar-refractivity contribution in [2.45, 2.75) is 13.2 Å². The molecule has 5 aromatic rings. The van der Waals surface area contributed by atoms with Gasteiger partial charge in [0.1, 0.15) is 36.1 Å². The lowest BCUT2D eigenvalue weighted by molar-refractivity contribution is 0.101. The molecule has 0 radical (unpaired) electrons. The first-order valence-electron chi connectivity index (χ1n) is 11.7. The number of thiazole rings is 2. The Kier molecular flexibility index (Phi) is 5.38. The lowest BCUT2D eigenvalue weighted by Crippen LogP contribution is -2.18. The van der Waals surface area contributed by atoms with Gasteiger partial charge < -0.3 is 9.47 Å². The highest BCUT2D eigenvalue weighted by atomic mass is 32.1. The van der Waals surface area contributed by atoms with Crippen LogP contribution in [0.2, 0.25) is 0 Å². The maximum Gasteiger partial charge on any atom is 0.276 e. The molecule has 2 aliphatic heterocycles. The van der Waals surface area contributed by atoms with Gasteiger partial charge in [-0.05, 0) is 36.4 Å². The van der Waals surface area contributed by atoms with Crippen LogP contribution >= 0.6 is 22.7 Å². The lowest BCUT2D eigenvalue weighted by atomic mass is 10.1. The first kappa shape index (κ1) is 22.6. The van der Waals surface area contributed by atoms with Crippen molar-refractivity contribution in [2.24, 2.45) is 0 Å². The third-order valence-electron chi connectivity index (χ3n) is 6.05. The number of amides is 2. The number of carbonyl (C=O) groups excluding carboxylic acids is 2. The van der Waals surface area contributed by atoms with E-state index in [0.717, 1.165) is 43.8 Å². The minimum absolute atomic E-state index is 0.100. The largest absolute Gasteiger partial charge is 0.487 e. The molecule has 0 bridgehead atoms. The minimum atomic E-state index is -0.460. The number of hydrogen-bond acceptors (Lipinski definition) is 9. The molecular formula is C27H17N5O4S2. The Hall–Kier alpha value is -4.61. The summed E-state index contributed by atoms with van der Waals surface area (Å²) in [7, 11) is 0. The number of rotatable bonds is 4. The number of aromatic nitrogens is 3. The number of ether oxygens (including phenoxy) is 2. The molecule has 2 amide bonds. The van der Waals surface area contributed by atoms with E-state index in [9.17, 15) is 9.59 Å². The van der Waals surface area contributed by atoms with Crippen LogP contribution < -0.4 is 20.1 Å². The number of hydrogen-bond donors (Lipinski definition) is 2. The van der Waals surface area contributed by atoms with Gasteiger partial charge in [0.15, 0.2) is 10.3 Å². The van der Waals surface area contributed by atoms with Crippen molar-refractivity contribution in [3.63, 3.8) is 0 Å². The zero-order chi connectivity index (χ0) is 25.6. The van der Waals surface area contributed by atoms with E-state index in [1.54, 1.807) is 18.2 Å². The van der Waals surface area contributed by atoms with Gasteiger partial charge in [0.2, 0.25) is 0 Å². The molecule has 2 N–H and O–H groups in total. The average Bonchev–Trinajstić information content (AvgIpc) is 3.56.